The van der Waals surface area contributed by atoms with Crippen LogP contribution in [-0.2, 0) is 11.2 Å². The maximum Gasteiger partial charge on any atom is 0.260 e. The van der Waals surface area contributed by atoms with Crippen molar-refractivity contribution in [2.75, 3.05) is 37.7 Å². The Morgan fingerprint density at radius 2 is 1.65 bits per heavy atom. The summed E-state index contributed by atoms with van der Waals surface area (Å²) in [6.07, 6.45) is 2.18. The largest absolute Gasteiger partial charge is 0.484 e. The summed E-state index contributed by atoms with van der Waals surface area (Å²) < 4.78 is 5.69. The first-order chi connectivity index (χ1) is 15.2. The first kappa shape index (κ1) is 20.8. The molecule has 31 heavy (non-hydrogen) atoms. The number of amides is 1. The van der Waals surface area contributed by atoms with Crippen LogP contribution in [0.3, 0.4) is 0 Å². The number of piperazine rings is 1. The van der Waals surface area contributed by atoms with Gasteiger partial charge in [-0.1, -0.05) is 55.8 Å². The van der Waals surface area contributed by atoms with Crippen molar-refractivity contribution >= 4 is 11.7 Å². The van der Waals surface area contributed by atoms with E-state index < -0.39 is 0 Å². The zero-order valence-electron chi connectivity index (χ0n) is 17.9. The molecule has 0 unspecified atom stereocenters. The molecule has 0 N–H and O–H groups in total. The number of aromatic nitrogens is 2. The zero-order chi connectivity index (χ0) is 21.5. The molecule has 4 rings (SSSR count). The highest BCUT2D eigenvalue weighted by Gasteiger charge is 2.22. The van der Waals surface area contributed by atoms with E-state index >= 15 is 0 Å². The topological polar surface area (TPSA) is 58.6 Å². The fraction of sp³-hybridized carbons (Fsp3) is 0.320. The molecule has 1 aliphatic rings. The summed E-state index contributed by atoms with van der Waals surface area (Å²) >= 11 is 0. The lowest BCUT2D eigenvalue weighted by molar-refractivity contribution is -0.133. The van der Waals surface area contributed by atoms with Crippen LogP contribution >= 0.6 is 0 Å². The molecule has 0 spiro atoms. The minimum Gasteiger partial charge on any atom is -0.484 e. The summed E-state index contributed by atoms with van der Waals surface area (Å²) in [7, 11) is 0. The maximum atomic E-state index is 12.5. The Morgan fingerprint density at radius 3 is 2.29 bits per heavy atom. The van der Waals surface area contributed by atoms with E-state index in [0.717, 1.165) is 48.8 Å². The van der Waals surface area contributed by atoms with Gasteiger partial charge in [0.15, 0.2) is 12.4 Å². The van der Waals surface area contributed by atoms with Crippen molar-refractivity contribution < 1.29 is 9.53 Å². The molecule has 2 aromatic carbocycles. The molecule has 1 saturated heterocycles. The van der Waals surface area contributed by atoms with Gasteiger partial charge in [-0.3, -0.25) is 4.79 Å². The van der Waals surface area contributed by atoms with Crippen LogP contribution < -0.4 is 9.64 Å². The smallest absolute Gasteiger partial charge is 0.260 e. The average molecular weight is 417 g/mol. The van der Waals surface area contributed by atoms with Crippen molar-refractivity contribution in [2.24, 2.45) is 0 Å². The number of rotatable bonds is 7. The number of nitrogens with zero attached hydrogens (tertiary/aromatic N) is 4. The fourth-order valence-electron chi connectivity index (χ4n) is 3.72. The minimum atomic E-state index is 0.0165. The SMILES string of the molecule is CCCc1ccc(OCC(=O)N2CCN(c3ccc(-c4ccccc4)nn3)CC2)cc1. The van der Waals surface area contributed by atoms with Gasteiger partial charge in [-0.2, -0.15) is 0 Å². The summed E-state index contributed by atoms with van der Waals surface area (Å²) in [6, 6.07) is 22.0. The fourth-order valence-corrected chi connectivity index (χ4v) is 3.72. The lowest BCUT2D eigenvalue weighted by Crippen LogP contribution is -2.50. The third kappa shape index (κ3) is 5.40. The quantitative estimate of drug-likeness (QED) is 0.586. The third-order valence-electron chi connectivity index (χ3n) is 5.50. The van der Waals surface area contributed by atoms with Gasteiger partial charge in [0.25, 0.3) is 5.91 Å². The summed E-state index contributed by atoms with van der Waals surface area (Å²) in [4.78, 5) is 16.6. The lowest BCUT2D eigenvalue weighted by atomic mass is 10.1. The van der Waals surface area contributed by atoms with Gasteiger partial charge in [0.05, 0.1) is 5.69 Å². The number of benzene rings is 2. The van der Waals surface area contributed by atoms with Crippen molar-refractivity contribution in [1.29, 1.82) is 0 Å². The van der Waals surface area contributed by atoms with Gasteiger partial charge in [0, 0.05) is 31.7 Å². The number of anilines is 1. The van der Waals surface area contributed by atoms with E-state index in [1.54, 1.807) is 0 Å². The molecule has 0 atom stereocenters. The minimum absolute atomic E-state index is 0.0165. The molecule has 0 saturated carbocycles. The first-order valence-electron chi connectivity index (χ1n) is 10.9. The Hall–Kier alpha value is -3.41. The highest BCUT2D eigenvalue weighted by atomic mass is 16.5. The van der Waals surface area contributed by atoms with Gasteiger partial charge >= 0.3 is 0 Å². The van der Waals surface area contributed by atoms with Crippen LogP contribution in [-0.4, -0.2) is 53.8 Å². The standard InChI is InChI=1S/C25H28N4O2/c1-2-6-20-9-11-22(12-10-20)31-19-25(30)29-17-15-28(16-18-29)24-14-13-23(26-27-24)21-7-4-3-5-8-21/h3-5,7-14H,2,6,15-19H2,1H3. The van der Waals surface area contributed by atoms with Crippen LogP contribution in [0.5, 0.6) is 5.75 Å². The number of carbonyl (C=O) groups is 1. The predicted octanol–water partition coefficient (Wildman–Crippen LogP) is 3.82. The lowest BCUT2D eigenvalue weighted by Gasteiger charge is -2.35. The monoisotopic (exact) mass is 416 g/mol. The van der Waals surface area contributed by atoms with E-state index in [2.05, 4.69) is 34.2 Å². The number of carbonyl (C=O) groups excluding carboxylic acids is 1. The van der Waals surface area contributed by atoms with Crippen LogP contribution in [0.1, 0.15) is 18.9 Å². The Labute approximate surface area is 183 Å². The number of ether oxygens (including phenoxy) is 1. The molecular formula is C25H28N4O2. The van der Waals surface area contributed by atoms with Crippen LogP contribution in [0, 0.1) is 0 Å². The normalized spacial score (nSPS) is 13.8. The van der Waals surface area contributed by atoms with Gasteiger partial charge in [-0.15, -0.1) is 10.2 Å². The number of hydrogen-bond acceptors (Lipinski definition) is 5. The molecule has 6 nitrogen and oxygen atoms in total. The molecule has 0 aliphatic carbocycles. The molecule has 0 bridgehead atoms. The summed E-state index contributed by atoms with van der Waals surface area (Å²) in [5.74, 6) is 1.60. The van der Waals surface area contributed by atoms with Crippen molar-refractivity contribution in [2.45, 2.75) is 19.8 Å². The summed E-state index contributed by atoms with van der Waals surface area (Å²) in [5.41, 5.74) is 3.20. The number of hydrogen-bond donors (Lipinski definition) is 0. The molecular weight excluding hydrogens is 388 g/mol. The molecule has 1 aromatic heterocycles. The van der Waals surface area contributed by atoms with Crippen LogP contribution in [0.2, 0.25) is 0 Å². The van der Waals surface area contributed by atoms with Crippen LogP contribution in [0.4, 0.5) is 5.82 Å². The van der Waals surface area contributed by atoms with Gasteiger partial charge in [-0.05, 0) is 36.2 Å². The molecule has 1 amide bonds. The molecule has 1 aliphatic heterocycles. The highest BCUT2D eigenvalue weighted by Crippen LogP contribution is 2.19. The van der Waals surface area contributed by atoms with E-state index in [4.69, 9.17) is 4.74 Å². The van der Waals surface area contributed by atoms with Crippen LogP contribution in [0.25, 0.3) is 11.3 Å². The molecule has 160 valence electrons. The molecule has 6 heteroatoms. The van der Waals surface area contributed by atoms with Crippen molar-refractivity contribution in [3.63, 3.8) is 0 Å². The summed E-state index contributed by atoms with van der Waals surface area (Å²) in [6.45, 7) is 5.00. The second kappa shape index (κ2) is 10.1. The van der Waals surface area contributed by atoms with Crippen molar-refractivity contribution in [3.8, 4) is 17.0 Å². The Bertz CT molecular complexity index is 967. The third-order valence-corrected chi connectivity index (χ3v) is 5.50. The second-order valence-corrected chi connectivity index (χ2v) is 7.69. The molecule has 3 aromatic rings. The second-order valence-electron chi connectivity index (χ2n) is 7.69. The molecule has 0 radical (unpaired) electrons. The Kier molecular flexibility index (Phi) is 6.77. The maximum absolute atomic E-state index is 12.5. The van der Waals surface area contributed by atoms with E-state index in [1.807, 2.05) is 59.5 Å². The zero-order valence-corrected chi connectivity index (χ0v) is 17.9. The average Bonchev–Trinajstić information content (AvgIpc) is 2.84. The predicted molar refractivity (Wildman–Crippen MR) is 122 cm³/mol. The summed E-state index contributed by atoms with van der Waals surface area (Å²) in [5, 5.41) is 8.76. The molecule has 2 heterocycles. The Balaban J connectivity index is 1.25. The van der Waals surface area contributed by atoms with E-state index in [-0.39, 0.29) is 12.5 Å². The van der Waals surface area contributed by atoms with Gasteiger partial charge in [0.1, 0.15) is 5.75 Å². The van der Waals surface area contributed by atoms with E-state index in [9.17, 15) is 4.79 Å². The van der Waals surface area contributed by atoms with Crippen LogP contribution in [0.15, 0.2) is 66.7 Å². The van der Waals surface area contributed by atoms with Gasteiger partial charge < -0.3 is 14.5 Å². The van der Waals surface area contributed by atoms with Gasteiger partial charge in [-0.25, -0.2) is 0 Å². The van der Waals surface area contributed by atoms with E-state index in [0.29, 0.717) is 13.1 Å². The Morgan fingerprint density at radius 1 is 0.903 bits per heavy atom. The van der Waals surface area contributed by atoms with Crippen molar-refractivity contribution in [3.05, 3.63) is 72.3 Å². The first-order valence-corrected chi connectivity index (χ1v) is 10.9. The van der Waals surface area contributed by atoms with Gasteiger partial charge in [0.2, 0.25) is 0 Å². The number of aryl methyl sites for hydroxylation is 1. The van der Waals surface area contributed by atoms with E-state index in [1.165, 1.54) is 5.56 Å². The molecule has 1 fully saturated rings. The highest BCUT2D eigenvalue weighted by molar-refractivity contribution is 5.78. The van der Waals surface area contributed by atoms with Crippen molar-refractivity contribution in [1.82, 2.24) is 15.1 Å².